The minimum Gasteiger partial charge on any atom is -0.355 e. The maximum atomic E-state index is 12.4. The molecule has 1 amide bonds. The molecular weight excluding hydrogens is 250 g/mol. The van der Waals surface area contributed by atoms with Gasteiger partial charge in [-0.25, -0.2) is 4.98 Å². The monoisotopic (exact) mass is 269 g/mol. The van der Waals surface area contributed by atoms with E-state index < -0.39 is 0 Å². The molecule has 1 aromatic heterocycles. The molecule has 1 saturated carbocycles. The number of nitrogens with one attached hydrogen (secondary N) is 1. The zero-order valence-electron chi connectivity index (χ0n) is 11.5. The molecule has 1 aromatic carbocycles. The number of hydrogen-bond donors (Lipinski definition) is 1. The van der Waals surface area contributed by atoms with Gasteiger partial charge in [0.05, 0.1) is 11.7 Å². The zero-order valence-corrected chi connectivity index (χ0v) is 11.5. The Morgan fingerprint density at radius 3 is 2.75 bits per heavy atom. The Morgan fingerprint density at radius 1 is 1.30 bits per heavy atom. The first-order valence-corrected chi connectivity index (χ1v) is 7.11. The molecule has 0 radical (unpaired) electrons. The summed E-state index contributed by atoms with van der Waals surface area (Å²) in [5, 5.41) is 3.07. The van der Waals surface area contributed by atoms with Gasteiger partial charge in [-0.1, -0.05) is 30.3 Å². The van der Waals surface area contributed by atoms with E-state index in [1.807, 2.05) is 29.0 Å². The summed E-state index contributed by atoms with van der Waals surface area (Å²) in [6.07, 6.45) is 8.36. The Hall–Kier alpha value is -2.10. The normalized spacial score (nSPS) is 15.8. The highest BCUT2D eigenvalue weighted by molar-refractivity contribution is 5.91. The minimum atomic E-state index is -0.254. The van der Waals surface area contributed by atoms with Crippen LogP contribution in [0.1, 0.15) is 24.8 Å². The molecule has 1 N–H and O–H groups in total. The average molecular weight is 269 g/mol. The molecule has 4 nitrogen and oxygen atoms in total. The molecule has 1 heterocycles. The number of benzene rings is 1. The van der Waals surface area contributed by atoms with Crippen LogP contribution in [0.15, 0.2) is 49.1 Å². The second kappa shape index (κ2) is 5.49. The third-order valence-corrected chi connectivity index (χ3v) is 3.95. The molecule has 1 aliphatic rings. The van der Waals surface area contributed by atoms with E-state index in [1.54, 1.807) is 12.5 Å². The fraction of sp³-hybridized carbons (Fsp3) is 0.375. The van der Waals surface area contributed by atoms with Crippen LogP contribution in [0.2, 0.25) is 0 Å². The number of aromatic nitrogens is 2. The van der Waals surface area contributed by atoms with Crippen molar-refractivity contribution >= 4 is 5.91 Å². The molecule has 0 saturated heterocycles. The van der Waals surface area contributed by atoms with Crippen LogP contribution >= 0.6 is 0 Å². The molecule has 0 aliphatic heterocycles. The van der Waals surface area contributed by atoms with Crippen molar-refractivity contribution in [2.75, 3.05) is 6.54 Å². The molecule has 0 bridgehead atoms. The Labute approximate surface area is 118 Å². The largest absolute Gasteiger partial charge is 0.355 e. The second-order valence-corrected chi connectivity index (χ2v) is 5.36. The van der Waals surface area contributed by atoms with E-state index in [0.29, 0.717) is 6.54 Å². The number of carbonyl (C=O) groups excluding carboxylic acids is 1. The van der Waals surface area contributed by atoms with E-state index in [2.05, 4.69) is 22.4 Å². The fourth-order valence-electron chi connectivity index (χ4n) is 2.58. The van der Waals surface area contributed by atoms with Crippen molar-refractivity contribution < 1.29 is 4.79 Å². The van der Waals surface area contributed by atoms with Gasteiger partial charge >= 0.3 is 0 Å². The summed E-state index contributed by atoms with van der Waals surface area (Å²) in [5.74, 6) is 0.175. The van der Waals surface area contributed by atoms with Crippen molar-refractivity contribution in [3.63, 3.8) is 0 Å². The molecule has 0 unspecified atom stereocenters. The van der Waals surface area contributed by atoms with Gasteiger partial charge in [0.1, 0.15) is 0 Å². The predicted octanol–water partition coefficient (Wildman–Crippen LogP) is 2.12. The molecule has 20 heavy (non-hydrogen) atoms. The molecule has 1 fully saturated rings. The molecule has 0 spiro atoms. The molecule has 0 atom stereocenters. The third kappa shape index (κ3) is 2.59. The number of amides is 1. The van der Waals surface area contributed by atoms with E-state index in [4.69, 9.17) is 0 Å². The molecule has 4 heteroatoms. The lowest BCUT2D eigenvalue weighted by molar-refractivity contribution is -0.123. The Kier molecular flexibility index (Phi) is 3.54. The summed E-state index contributed by atoms with van der Waals surface area (Å²) in [6.45, 7) is 1.60. The topological polar surface area (TPSA) is 46.9 Å². The number of imidazole rings is 1. The maximum absolute atomic E-state index is 12.4. The zero-order chi connectivity index (χ0) is 13.8. The number of carbonyl (C=O) groups is 1. The molecule has 104 valence electrons. The van der Waals surface area contributed by atoms with E-state index >= 15 is 0 Å². The highest BCUT2D eigenvalue weighted by Gasteiger charge is 2.50. The van der Waals surface area contributed by atoms with Crippen molar-refractivity contribution in [3.05, 3.63) is 54.6 Å². The lowest BCUT2D eigenvalue weighted by atomic mass is 9.95. The first-order valence-electron chi connectivity index (χ1n) is 7.11. The van der Waals surface area contributed by atoms with Crippen LogP contribution < -0.4 is 5.32 Å². The molecule has 1 aliphatic carbocycles. The van der Waals surface area contributed by atoms with Gasteiger partial charge in [-0.15, -0.1) is 0 Å². The number of nitrogens with zero attached hydrogens (tertiary/aromatic N) is 2. The van der Waals surface area contributed by atoms with E-state index in [1.165, 1.54) is 0 Å². The second-order valence-electron chi connectivity index (χ2n) is 5.36. The van der Waals surface area contributed by atoms with Gasteiger partial charge in [0.25, 0.3) is 0 Å². The van der Waals surface area contributed by atoms with Crippen LogP contribution in [0.3, 0.4) is 0 Å². The molecular formula is C16H19N3O. The number of rotatable bonds is 6. The number of hydrogen-bond acceptors (Lipinski definition) is 2. The first-order chi connectivity index (χ1) is 9.81. The quantitative estimate of drug-likeness (QED) is 0.817. The van der Waals surface area contributed by atoms with Crippen LogP contribution in [0.25, 0.3) is 0 Å². The van der Waals surface area contributed by atoms with Gasteiger partial charge in [0.15, 0.2) is 0 Å². The third-order valence-electron chi connectivity index (χ3n) is 3.95. The van der Waals surface area contributed by atoms with Crippen molar-refractivity contribution in [1.82, 2.24) is 14.9 Å². The maximum Gasteiger partial charge on any atom is 0.230 e. The minimum absolute atomic E-state index is 0.175. The summed E-state index contributed by atoms with van der Waals surface area (Å²) in [7, 11) is 0. The van der Waals surface area contributed by atoms with Crippen LogP contribution in [-0.2, 0) is 16.8 Å². The van der Waals surface area contributed by atoms with Crippen molar-refractivity contribution in [1.29, 1.82) is 0 Å². The van der Waals surface area contributed by atoms with E-state index in [-0.39, 0.29) is 11.3 Å². The fourth-order valence-corrected chi connectivity index (χ4v) is 2.58. The van der Waals surface area contributed by atoms with Crippen LogP contribution in [-0.4, -0.2) is 22.0 Å². The summed E-state index contributed by atoms with van der Waals surface area (Å²) in [5.41, 5.74) is 0.892. The Bertz CT molecular complexity index is 559. The Balaban J connectivity index is 1.50. The van der Waals surface area contributed by atoms with Gasteiger partial charge in [-0.3, -0.25) is 4.79 Å². The standard InChI is InChI=1S/C16H19N3O/c20-15(18-9-4-11-19-12-10-17-13-19)16(7-8-16)14-5-2-1-3-6-14/h1-3,5-6,10,12-13H,4,7-9,11H2,(H,18,20). The summed E-state index contributed by atoms with van der Waals surface area (Å²) < 4.78 is 2.02. The lowest BCUT2D eigenvalue weighted by Crippen LogP contribution is -2.35. The highest BCUT2D eigenvalue weighted by Crippen LogP contribution is 2.48. The predicted molar refractivity (Wildman–Crippen MR) is 77.2 cm³/mol. The van der Waals surface area contributed by atoms with Crippen molar-refractivity contribution in [2.24, 2.45) is 0 Å². The smallest absolute Gasteiger partial charge is 0.230 e. The highest BCUT2D eigenvalue weighted by atomic mass is 16.2. The van der Waals surface area contributed by atoms with Gasteiger partial charge in [-0.2, -0.15) is 0 Å². The van der Waals surface area contributed by atoms with Crippen molar-refractivity contribution in [2.45, 2.75) is 31.2 Å². The van der Waals surface area contributed by atoms with E-state index in [9.17, 15) is 4.79 Å². The van der Waals surface area contributed by atoms with Crippen LogP contribution in [0.4, 0.5) is 0 Å². The van der Waals surface area contributed by atoms with Crippen LogP contribution in [0, 0.1) is 0 Å². The van der Waals surface area contributed by atoms with Crippen molar-refractivity contribution in [3.8, 4) is 0 Å². The van der Waals surface area contributed by atoms with E-state index in [0.717, 1.165) is 31.4 Å². The Morgan fingerprint density at radius 2 is 2.10 bits per heavy atom. The number of aryl methyl sites for hydroxylation is 1. The molecule has 2 aromatic rings. The summed E-state index contributed by atoms with van der Waals surface area (Å²) >= 11 is 0. The lowest BCUT2D eigenvalue weighted by Gasteiger charge is -2.15. The first kappa shape index (κ1) is 12.9. The van der Waals surface area contributed by atoms with Gasteiger partial charge in [0.2, 0.25) is 5.91 Å². The SMILES string of the molecule is O=C(NCCCn1ccnc1)C1(c2ccccc2)CC1. The van der Waals surface area contributed by atoms with Crippen LogP contribution in [0.5, 0.6) is 0 Å². The van der Waals surface area contributed by atoms with Gasteiger partial charge in [-0.05, 0) is 24.8 Å². The summed E-state index contributed by atoms with van der Waals surface area (Å²) in [6, 6.07) is 10.1. The molecule has 3 rings (SSSR count). The van der Waals surface area contributed by atoms with Gasteiger partial charge in [0, 0.05) is 25.5 Å². The summed E-state index contributed by atoms with van der Waals surface area (Å²) in [4.78, 5) is 16.4. The average Bonchev–Trinajstić information content (AvgIpc) is 3.15. The van der Waals surface area contributed by atoms with Gasteiger partial charge < -0.3 is 9.88 Å².